The number of sulfonamides is 1. The van der Waals surface area contributed by atoms with Crippen molar-refractivity contribution in [1.82, 2.24) is 9.21 Å². The maximum Gasteiger partial charge on any atom is 0.242 e. The maximum absolute atomic E-state index is 12.2. The molecule has 24 heavy (non-hydrogen) atoms. The summed E-state index contributed by atoms with van der Waals surface area (Å²) in [6.45, 7) is 2.02. The van der Waals surface area contributed by atoms with E-state index in [-0.39, 0.29) is 0 Å². The number of nitrogens with zero attached hydrogens (tertiary/aromatic N) is 2. The monoisotopic (exact) mass is 347 g/mol. The highest BCUT2D eigenvalue weighted by Crippen LogP contribution is 2.40. The molecule has 0 aromatic heterocycles. The first-order valence-electron chi connectivity index (χ1n) is 8.19. The summed E-state index contributed by atoms with van der Waals surface area (Å²) >= 11 is 0. The molecule has 1 saturated heterocycles. The van der Waals surface area contributed by atoms with Gasteiger partial charge in [0.15, 0.2) is 0 Å². The average Bonchev–Trinajstić information content (AvgIpc) is 2.55. The van der Waals surface area contributed by atoms with Gasteiger partial charge in [-0.1, -0.05) is 18.2 Å². The van der Waals surface area contributed by atoms with E-state index < -0.39 is 10.0 Å². The van der Waals surface area contributed by atoms with Crippen LogP contribution in [0.1, 0.15) is 12.0 Å². The molecule has 0 amide bonds. The van der Waals surface area contributed by atoms with Gasteiger partial charge in [0.05, 0.1) is 4.90 Å². The number of likely N-dealkylation sites (tertiary alicyclic amines) is 1. The molecule has 5 nitrogen and oxygen atoms in total. The van der Waals surface area contributed by atoms with Crippen LogP contribution in [0.5, 0.6) is 0 Å². The van der Waals surface area contributed by atoms with Crippen molar-refractivity contribution in [3.63, 3.8) is 0 Å². The van der Waals surface area contributed by atoms with Crippen LogP contribution < -0.4 is 5.73 Å². The zero-order valence-electron chi connectivity index (χ0n) is 14.4. The van der Waals surface area contributed by atoms with E-state index >= 15 is 0 Å². The van der Waals surface area contributed by atoms with Gasteiger partial charge < -0.3 is 10.6 Å². The Labute approximate surface area is 144 Å². The highest BCUT2D eigenvalue weighted by molar-refractivity contribution is 7.89. The summed E-state index contributed by atoms with van der Waals surface area (Å²) in [5, 5.41) is 0. The van der Waals surface area contributed by atoms with Crippen molar-refractivity contribution in [3.8, 4) is 0 Å². The zero-order chi connectivity index (χ0) is 17.5. The number of rotatable bonds is 3. The zero-order valence-corrected chi connectivity index (χ0v) is 15.3. The van der Waals surface area contributed by atoms with Gasteiger partial charge in [0.2, 0.25) is 10.0 Å². The smallest absolute Gasteiger partial charge is 0.242 e. The molecule has 1 heterocycles. The van der Waals surface area contributed by atoms with Crippen LogP contribution in [0.25, 0.3) is 5.57 Å². The fraction of sp³-hybridized carbons (Fsp3) is 0.444. The molecular formula is C18H25N3O2S. The van der Waals surface area contributed by atoms with E-state index in [2.05, 4.69) is 18.0 Å². The highest BCUT2D eigenvalue weighted by atomic mass is 32.2. The number of hydrogen-bond donors (Lipinski definition) is 1. The molecule has 2 N–H and O–H groups in total. The molecule has 1 aromatic rings. The lowest BCUT2D eigenvalue weighted by atomic mass is 9.73. The Balaban J connectivity index is 1.92. The molecule has 130 valence electrons. The summed E-state index contributed by atoms with van der Waals surface area (Å²) in [5.41, 5.74) is 9.50. The van der Waals surface area contributed by atoms with Crippen molar-refractivity contribution in [2.24, 2.45) is 17.6 Å². The van der Waals surface area contributed by atoms with Gasteiger partial charge in [0, 0.05) is 32.3 Å². The minimum absolute atomic E-state index is 0.322. The van der Waals surface area contributed by atoms with Gasteiger partial charge in [0.25, 0.3) is 0 Å². The summed E-state index contributed by atoms with van der Waals surface area (Å²) in [4.78, 5) is 2.64. The Bertz CT molecular complexity index is 779. The van der Waals surface area contributed by atoms with E-state index in [1.54, 1.807) is 26.2 Å². The van der Waals surface area contributed by atoms with Crippen LogP contribution in [0.4, 0.5) is 0 Å². The van der Waals surface area contributed by atoms with E-state index in [1.807, 2.05) is 18.2 Å². The van der Waals surface area contributed by atoms with Crippen LogP contribution in [0, 0.1) is 11.8 Å². The second-order valence-corrected chi connectivity index (χ2v) is 9.02. The first-order valence-corrected chi connectivity index (χ1v) is 9.63. The van der Waals surface area contributed by atoms with E-state index in [1.165, 1.54) is 9.88 Å². The molecule has 0 unspecified atom stereocenters. The first-order chi connectivity index (χ1) is 11.3. The molecule has 0 saturated carbocycles. The van der Waals surface area contributed by atoms with Crippen LogP contribution >= 0.6 is 0 Å². The highest BCUT2D eigenvalue weighted by Gasteiger charge is 2.34. The minimum atomic E-state index is -3.39. The van der Waals surface area contributed by atoms with Crippen molar-refractivity contribution < 1.29 is 8.42 Å². The number of benzene rings is 1. The Morgan fingerprint density at radius 1 is 1.12 bits per heavy atom. The van der Waals surface area contributed by atoms with Gasteiger partial charge in [-0.15, -0.1) is 0 Å². The molecule has 6 heteroatoms. The second-order valence-electron chi connectivity index (χ2n) is 6.86. The van der Waals surface area contributed by atoms with Crippen molar-refractivity contribution in [2.75, 3.05) is 34.2 Å². The van der Waals surface area contributed by atoms with Gasteiger partial charge in [-0.05, 0) is 55.3 Å². The number of fused-ring (bicyclic) bond motifs is 1. The lowest BCUT2D eigenvalue weighted by Crippen LogP contribution is -2.41. The Morgan fingerprint density at radius 3 is 2.42 bits per heavy atom. The lowest BCUT2D eigenvalue weighted by molar-refractivity contribution is 0.194. The lowest BCUT2D eigenvalue weighted by Gasteiger charge is -2.40. The summed E-state index contributed by atoms with van der Waals surface area (Å²) in [5.74, 6) is 0.747. The van der Waals surface area contributed by atoms with Crippen molar-refractivity contribution in [1.29, 1.82) is 0 Å². The topological polar surface area (TPSA) is 66.6 Å². The molecule has 2 aliphatic rings. The van der Waals surface area contributed by atoms with Gasteiger partial charge in [0.1, 0.15) is 0 Å². The van der Waals surface area contributed by atoms with Crippen LogP contribution in [0.15, 0.2) is 47.0 Å². The van der Waals surface area contributed by atoms with E-state index in [9.17, 15) is 8.42 Å². The first kappa shape index (κ1) is 17.2. The summed E-state index contributed by atoms with van der Waals surface area (Å²) in [6, 6.07) is 7.20. The van der Waals surface area contributed by atoms with E-state index in [0.717, 1.165) is 30.8 Å². The molecule has 3 rings (SSSR count). The predicted octanol–water partition coefficient (Wildman–Crippen LogP) is 1.74. The fourth-order valence-corrected chi connectivity index (χ4v) is 4.50. The number of nitrogens with two attached hydrogens (primary N) is 1. The van der Waals surface area contributed by atoms with E-state index in [4.69, 9.17) is 5.73 Å². The van der Waals surface area contributed by atoms with E-state index in [0.29, 0.717) is 16.7 Å². The van der Waals surface area contributed by atoms with Crippen LogP contribution in [0.2, 0.25) is 0 Å². The minimum Gasteiger partial charge on any atom is -0.402 e. The SMILES string of the molecule is CN1CC[C@@H]2C(c3ccc(S(=O)(=O)N(C)C)cc3)=CC=C(N)[C@@H]2C1. The molecule has 0 bridgehead atoms. The predicted molar refractivity (Wildman–Crippen MR) is 96.7 cm³/mol. The Hall–Kier alpha value is -1.63. The molecule has 1 fully saturated rings. The second kappa shape index (κ2) is 6.35. The van der Waals surface area contributed by atoms with Crippen LogP contribution in [-0.4, -0.2) is 51.9 Å². The molecule has 1 aromatic carbocycles. The average molecular weight is 347 g/mol. The molecule has 0 radical (unpaired) electrons. The normalized spacial score (nSPS) is 25.2. The quantitative estimate of drug-likeness (QED) is 0.904. The van der Waals surface area contributed by atoms with Gasteiger partial charge in [-0.25, -0.2) is 12.7 Å². The van der Waals surface area contributed by atoms with Crippen molar-refractivity contribution in [2.45, 2.75) is 11.3 Å². The van der Waals surface area contributed by atoms with Gasteiger partial charge in [-0.3, -0.25) is 0 Å². The number of piperidine rings is 1. The Morgan fingerprint density at radius 2 is 1.79 bits per heavy atom. The van der Waals surface area contributed by atoms with Crippen LogP contribution in [0.3, 0.4) is 0 Å². The largest absolute Gasteiger partial charge is 0.402 e. The van der Waals surface area contributed by atoms with Gasteiger partial charge >= 0.3 is 0 Å². The van der Waals surface area contributed by atoms with Crippen LogP contribution in [-0.2, 0) is 10.0 Å². The Kier molecular flexibility index (Phi) is 4.55. The molecule has 1 aliphatic carbocycles. The summed E-state index contributed by atoms with van der Waals surface area (Å²) in [7, 11) is 1.83. The van der Waals surface area contributed by atoms with Crippen molar-refractivity contribution >= 4 is 15.6 Å². The third-order valence-corrected chi connectivity index (χ3v) is 6.89. The van der Waals surface area contributed by atoms with Gasteiger partial charge in [-0.2, -0.15) is 0 Å². The summed E-state index contributed by atoms with van der Waals surface area (Å²) < 4.78 is 25.6. The van der Waals surface area contributed by atoms with Crippen molar-refractivity contribution in [3.05, 3.63) is 47.7 Å². The number of allylic oxidation sites excluding steroid dienone is 3. The third kappa shape index (κ3) is 3.01. The molecule has 0 spiro atoms. The molecule has 2 atom stereocenters. The number of hydrogen-bond acceptors (Lipinski definition) is 4. The standard InChI is InChI=1S/C18H25N3O2S/c1-20(2)24(22,23)14-6-4-13(5-7-14)15-8-9-18(19)17-12-21(3)11-10-16(15)17/h4-9,16-17H,10-12,19H2,1-3H3/t16-,17-/m1/s1. The molecule has 1 aliphatic heterocycles. The fourth-order valence-electron chi connectivity index (χ4n) is 3.60. The third-order valence-electron chi connectivity index (χ3n) is 5.07. The molecular weight excluding hydrogens is 322 g/mol. The maximum atomic E-state index is 12.2. The summed E-state index contributed by atoms with van der Waals surface area (Å²) in [6.07, 6.45) is 5.16.